The molecule has 1 N–H and O–H groups in total. The van der Waals surface area contributed by atoms with Crippen LogP contribution in [0.5, 0.6) is 0 Å². The van der Waals surface area contributed by atoms with E-state index in [0.717, 1.165) is 5.57 Å². The number of rotatable bonds is 1. The molecule has 0 aromatic heterocycles. The van der Waals surface area contributed by atoms with Crippen molar-refractivity contribution in [3.8, 4) is 0 Å². The van der Waals surface area contributed by atoms with Gasteiger partial charge >= 0.3 is 0 Å². The van der Waals surface area contributed by atoms with Crippen LogP contribution < -0.4 is 0 Å². The van der Waals surface area contributed by atoms with Gasteiger partial charge in [0.15, 0.2) is 0 Å². The van der Waals surface area contributed by atoms with E-state index in [1.165, 1.54) is 17.7 Å². The van der Waals surface area contributed by atoms with E-state index in [9.17, 15) is 8.42 Å². The largest absolute Gasteiger partial charge is 0.294 e. The second-order valence-corrected chi connectivity index (χ2v) is 4.42. The van der Waals surface area contributed by atoms with Crippen LogP contribution in [0.15, 0.2) is 34.3 Å². The summed E-state index contributed by atoms with van der Waals surface area (Å²) in [6.45, 7) is 1.95. The lowest BCUT2D eigenvalue weighted by Gasteiger charge is -2.00. The zero-order valence-electron chi connectivity index (χ0n) is 6.48. The van der Waals surface area contributed by atoms with Gasteiger partial charge in [0.1, 0.15) is 0 Å². The molecule has 2 aliphatic rings. The molecule has 0 bridgehead atoms. The van der Waals surface area contributed by atoms with E-state index in [-0.39, 0.29) is 4.91 Å². The first kappa shape index (κ1) is 7.76. The van der Waals surface area contributed by atoms with Gasteiger partial charge in [0.05, 0.1) is 4.91 Å². The fourth-order valence-corrected chi connectivity index (χ4v) is 1.91. The Bertz CT molecular complexity index is 423. The van der Waals surface area contributed by atoms with Gasteiger partial charge in [-0.1, -0.05) is 11.6 Å². The minimum Gasteiger partial charge on any atom is -0.282 e. The SMILES string of the molecule is CC1=C2C=C(S(=O)(=O)O)C=C[C@@H]12. The third-order valence-electron chi connectivity index (χ3n) is 2.22. The molecular weight excluding hydrogens is 176 g/mol. The first-order valence-corrected chi connectivity index (χ1v) is 5.02. The molecular formula is C8H8O3S. The number of allylic oxidation sites excluding steroid dienone is 5. The van der Waals surface area contributed by atoms with Gasteiger partial charge in [0, 0.05) is 5.92 Å². The van der Waals surface area contributed by atoms with Crippen LogP contribution in [0.1, 0.15) is 6.92 Å². The molecule has 2 rings (SSSR count). The zero-order chi connectivity index (χ0) is 8.93. The van der Waals surface area contributed by atoms with Crippen molar-refractivity contribution >= 4 is 10.1 Å². The molecule has 0 saturated heterocycles. The van der Waals surface area contributed by atoms with Crippen LogP contribution in [0, 0.1) is 5.92 Å². The van der Waals surface area contributed by atoms with Crippen molar-refractivity contribution in [2.24, 2.45) is 5.92 Å². The molecule has 0 amide bonds. The van der Waals surface area contributed by atoms with Crippen molar-refractivity contribution < 1.29 is 13.0 Å². The lowest BCUT2D eigenvalue weighted by Crippen LogP contribution is -2.01. The summed E-state index contributed by atoms with van der Waals surface area (Å²) in [6.07, 6.45) is 4.75. The van der Waals surface area contributed by atoms with Crippen LogP contribution in [-0.2, 0) is 10.1 Å². The third-order valence-corrected chi connectivity index (χ3v) is 3.07. The van der Waals surface area contributed by atoms with E-state index >= 15 is 0 Å². The molecule has 0 aromatic carbocycles. The van der Waals surface area contributed by atoms with Crippen molar-refractivity contribution in [3.05, 3.63) is 34.3 Å². The van der Waals surface area contributed by atoms with E-state index in [1.807, 2.05) is 6.92 Å². The standard InChI is InChI=1S/C8H8O3S/c1-5-7-3-2-6(4-8(5)7)12(9,10)11/h2-4,7H,1H3,(H,9,10,11)/t7-/m0/s1. The topological polar surface area (TPSA) is 54.4 Å². The summed E-state index contributed by atoms with van der Waals surface area (Å²) in [7, 11) is -4.02. The maximum absolute atomic E-state index is 10.7. The van der Waals surface area contributed by atoms with Crippen molar-refractivity contribution in [2.45, 2.75) is 6.92 Å². The summed E-state index contributed by atoms with van der Waals surface area (Å²) in [5.41, 5.74) is 2.20. The van der Waals surface area contributed by atoms with Crippen LogP contribution >= 0.6 is 0 Å². The Hall–Kier alpha value is -0.870. The van der Waals surface area contributed by atoms with Gasteiger partial charge in [-0.2, -0.15) is 8.42 Å². The van der Waals surface area contributed by atoms with Gasteiger partial charge in [-0.05, 0) is 24.6 Å². The second kappa shape index (κ2) is 2.08. The molecule has 3 nitrogen and oxygen atoms in total. The van der Waals surface area contributed by atoms with Crippen molar-refractivity contribution in [1.82, 2.24) is 0 Å². The fourth-order valence-electron chi connectivity index (χ4n) is 1.38. The highest BCUT2D eigenvalue weighted by molar-refractivity contribution is 7.90. The summed E-state index contributed by atoms with van der Waals surface area (Å²) in [5.74, 6) is 0.329. The molecule has 12 heavy (non-hydrogen) atoms. The van der Waals surface area contributed by atoms with Gasteiger partial charge in [-0.15, -0.1) is 0 Å². The minimum absolute atomic E-state index is 0.00870. The van der Waals surface area contributed by atoms with E-state index in [2.05, 4.69) is 0 Å². The average molecular weight is 184 g/mol. The maximum atomic E-state index is 10.7. The quantitative estimate of drug-likeness (QED) is 0.624. The summed E-state index contributed by atoms with van der Waals surface area (Å²) in [6, 6.07) is 0. The Labute approximate surface area is 70.8 Å². The summed E-state index contributed by atoms with van der Waals surface area (Å²) in [4.78, 5) is -0.00870. The molecule has 0 fully saturated rings. The summed E-state index contributed by atoms with van der Waals surface area (Å²) < 4.78 is 30.0. The zero-order valence-corrected chi connectivity index (χ0v) is 7.30. The van der Waals surface area contributed by atoms with Gasteiger partial charge < -0.3 is 0 Å². The molecule has 2 aliphatic carbocycles. The van der Waals surface area contributed by atoms with Crippen molar-refractivity contribution in [2.75, 3.05) is 0 Å². The van der Waals surface area contributed by atoms with Gasteiger partial charge in [0.2, 0.25) is 0 Å². The average Bonchev–Trinajstić information content (AvgIpc) is 2.61. The van der Waals surface area contributed by atoms with E-state index in [1.54, 1.807) is 6.08 Å². The van der Waals surface area contributed by atoms with E-state index in [4.69, 9.17) is 4.55 Å². The van der Waals surface area contributed by atoms with Crippen LogP contribution in [0.4, 0.5) is 0 Å². The van der Waals surface area contributed by atoms with Crippen LogP contribution in [-0.4, -0.2) is 13.0 Å². The summed E-state index contributed by atoms with van der Waals surface area (Å²) in [5, 5.41) is 0. The molecule has 0 heterocycles. The molecule has 64 valence electrons. The number of hydrogen-bond acceptors (Lipinski definition) is 2. The Morgan fingerprint density at radius 1 is 1.50 bits per heavy atom. The number of hydrogen-bond donors (Lipinski definition) is 1. The Balaban J connectivity index is 2.43. The van der Waals surface area contributed by atoms with E-state index in [0.29, 0.717) is 5.92 Å². The molecule has 0 saturated carbocycles. The molecule has 0 aliphatic heterocycles. The normalized spacial score (nSPS) is 26.8. The van der Waals surface area contributed by atoms with Gasteiger partial charge in [-0.3, -0.25) is 4.55 Å². The molecule has 4 heteroatoms. The third kappa shape index (κ3) is 1.04. The highest BCUT2D eigenvalue weighted by Gasteiger charge is 2.32. The van der Waals surface area contributed by atoms with Gasteiger partial charge in [-0.25, -0.2) is 0 Å². The molecule has 1 atom stereocenters. The molecule has 0 radical (unpaired) electrons. The van der Waals surface area contributed by atoms with Crippen LogP contribution in [0.3, 0.4) is 0 Å². The van der Waals surface area contributed by atoms with Crippen LogP contribution in [0.25, 0.3) is 0 Å². The first-order valence-electron chi connectivity index (χ1n) is 3.58. The monoisotopic (exact) mass is 184 g/mol. The fraction of sp³-hybridized carbons (Fsp3) is 0.250. The first-order chi connectivity index (χ1) is 5.50. The van der Waals surface area contributed by atoms with Crippen molar-refractivity contribution in [3.63, 3.8) is 0 Å². The molecule has 0 unspecified atom stereocenters. The molecule has 0 aromatic rings. The highest BCUT2D eigenvalue weighted by atomic mass is 32.2. The smallest absolute Gasteiger partial charge is 0.282 e. The number of fused-ring (bicyclic) bond motifs is 1. The summed E-state index contributed by atoms with van der Waals surface area (Å²) >= 11 is 0. The van der Waals surface area contributed by atoms with Gasteiger partial charge in [0.25, 0.3) is 10.1 Å². The lowest BCUT2D eigenvalue weighted by molar-refractivity contribution is 0.492. The Kier molecular flexibility index (Phi) is 1.35. The molecule has 0 spiro atoms. The second-order valence-electron chi connectivity index (χ2n) is 3.00. The highest BCUT2D eigenvalue weighted by Crippen LogP contribution is 2.44. The Morgan fingerprint density at radius 2 is 2.17 bits per heavy atom. The predicted octanol–water partition coefficient (Wildman–Crippen LogP) is 1.27. The predicted molar refractivity (Wildman–Crippen MR) is 45.0 cm³/mol. The maximum Gasteiger partial charge on any atom is 0.294 e. The van der Waals surface area contributed by atoms with Crippen molar-refractivity contribution in [1.29, 1.82) is 0 Å². The Morgan fingerprint density at radius 3 is 2.67 bits per heavy atom. The van der Waals surface area contributed by atoms with Crippen LogP contribution in [0.2, 0.25) is 0 Å². The van der Waals surface area contributed by atoms with E-state index < -0.39 is 10.1 Å². The minimum atomic E-state index is -4.02. The lowest BCUT2D eigenvalue weighted by atomic mass is 10.2.